The summed E-state index contributed by atoms with van der Waals surface area (Å²) in [6.45, 7) is 1.18. The highest BCUT2D eigenvalue weighted by Gasteiger charge is 2.28. The topological polar surface area (TPSA) is 67.2 Å². The molecule has 126 valence electrons. The van der Waals surface area contributed by atoms with Gasteiger partial charge < -0.3 is 10.2 Å². The van der Waals surface area contributed by atoms with E-state index in [9.17, 15) is 9.59 Å². The summed E-state index contributed by atoms with van der Waals surface area (Å²) >= 11 is 3.37. The number of benzene rings is 1. The Bertz CT molecular complexity index is 733. The van der Waals surface area contributed by atoms with Crippen LogP contribution < -0.4 is 5.32 Å². The maximum Gasteiger partial charge on any atom is 0.253 e. The number of carbonyl (C=O) groups is 2. The number of hydrogen-bond acceptors (Lipinski definition) is 3. The van der Waals surface area contributed by atoms with Gasteiger partial charge in [0, 0.05) is 48.4 Å². The third kappa shape index (κ3) is 3.84. The lowest BCUT2D eigenvalue weighted by Crippen LogP contribution is -2.41. The second-order valence-electron chi connectivity index (χ2n) is 5.94. The van der Waals surface area contributed by atoms with Crippen molar-refractivity contribution in [3.05, 3.63) is 46.6 Å². The van der Waals surface area contributed by atoms with Crippen LogP contribution in [0.15, 0.2) is 41.0 Å². The van der Waals surface area contributed by atoms with Crippen molar-refractivity contribution >= 4 is 33.6 Å². The maximum absolute atomic E-state index is 12.5. The fourth-order valence-electron chi connectivity index (χ4n) is 2.83. The molecule has 2 aromatic rings. The van der Waals surface area contributed by atoms with E-state index in [1.807, 2.05) is 36.2 Å². The van der Waals surface area contributed by atoms with E-state index in [1.165, 1.54) is 0 Å². The molecule has 2 heterocycles. The van der Waals surface area contributed by atoms with Crippen molar-refractivity contribution in [3.8, 4) is 0 Å². The van der Waals surface area contributed by atoms with Gasteiger partial charge in [0.25, 0.3) is 5.91 Å². The number of nitrogens with one attached hydrogen (secondary N) is 1. The van der Waals surface area contributed by atoms with Crippen LogP contribution in [0.5, 0.6) is 0 Å². The molecule has 1 N–H and O–H groups in total. The highest BCUT2D eigenvalue weighted by molar-refractivity contribution is 9.10. The van der Waals surface area contributed by atoms with E-state index < -0.39 is 0 Å². The van der Waals surface area contributed by atoms with Crippen LogP contribution in [-0.2, 0) is 11.8 Å². The largest absolute Gasteiger partial charge is 0.339 e. The molecule has 0 spiro atoms. The van der Waals surface area contributed by atoms with Crippen molar-refractivity contribution in [2.45, 2.75) is 12.8 Å². The van der Waals surface area contributed by atoms with Crippen molar-refractivity contribution < 1.29 is 9.59 Å². The number of hydrogen-bond donors (Lipinski definition) is 1. The molecular weight excluding hydrogens is 372 g/mol. The summed E-state index contributed by atoms with van der Waals surface area (Å²) in [6, 6.07) is 9.11. The molecule has 0 bridgehead atoms. The molecule has 6 nitrogen and oxygen atoms in total. The van der Waals surface area contributed by atoms with Gasteiger partial charge in [0.1, 0.15) is 0 Å². The fourth-order valence-corrected chi connectivity index (χ4v) is 3.09. The Kier molecular flexibility index (Phi) is 4.99. The van der Waals surface area contributed by atoms with Gasteiger partial charge in [-0.25, -0.2) is 0 Å². The number of anilines is 1. The summed E-state index contributed by atoms with van der Waals surface area (Å²) < 4.78 is 2.60. The molecule has 1 aliphatic rings. The van der Waals surface area contributed by atoms with Gasteiger partial charge in [0.15, 0.2) is 5.82 Å². The third-order valence-electron chi connectivity index (χ3n) is 4.21. The number of piperidine rings is 1. The van der Waals surface area contributed by atoms with Gasteiger partial charge in [0.2, 0.25) is 5.91 Å². The Morgan fingerprint density at radius 3 is 2.42 bits per heavy atom. The quantitative estimate of drug-likeness (QED) is 0.875. The normalized spacial score (nSPS) is 15.3. The van der Waals surface area contributed by atoms with Gasteiger partial charge in [-0.2, -0.15) is 5.10 Å². The highest BCUT2D eigenvalue weighted by Crippen LogP contribution is 2.21. The molecule has 24 heavy (non-hydrogen) atoms. The zero-order chi connectivity index (χ0) is 17.1. The van der Waals surface area contributed by atoms with Crippen LogP contribution >= 0.6 is 15.9 Å². The Morgan fingerprint density at radius 1 is 1.17 bits per heavy atom. The SMILES string of the molecule is Cn1ccc(NC(=O)C2CCN(C(=O)c3ccc(Br)cc3)CC2)n1. The summed E-state index contributed by atoms with van der Waals surface area (Å²) in [7, 11) is 1.81. The van der Waals surface area contributed by atoms with Crippen LogP contribution in [0.3, 0.4) is 0 Å². The highest BCUT2D eigenvalue weighted by atomic mass is 79.9. The van der Waals surface area contributed by atoms with Crippen LogP contribution in [0.25, 0.3) is 0 Å². The molecular formula is C17H19BrN4O2. The number of likely N-dealkylation sites (tertiary alicyclic amines) is 1. The predicted octanol–water partition coefficient (Wildman–Crippen LogP) is 2.67. The van der Waals surface area contributed by atoms with Crippen LogP contribution in [0.1, 0.15) is 23.2 Å². The molecule has 0 aliphatic carbocycles. The van der Waals surface area contributed by atoms with Crippen molar-refractivity contribution in [1.82, 2.24) is 14.7 Å². The summed E-state index contributed by atoms with van der Waals surface area (Å²) in [6.07, 6.45) is 3.12. The summed E-state index contributed by atoms with van der Waals surface area (Å²) in [4.78, 5) is 26.6. The van der Waals surface area contributed by atoms with Crippen LogP contribution in [0.4, 0.5) is 5.82 Å². The average molecular weight is 391 g/mol. The van der Waals surface area contributed by atoms with Crippen LogP contribution in [0.2, 0.25) is 0 Å². The molecule has 1 fully saturated rings. The predicted molar refractivity (Wildman–Crippen MR) is 94.6 cm³/mol. The van der Waals surface area contributed by atoms with E-state index in [4.69, 9.17) is 0 Å². The summed E-state index contributed by atoms with van der Waals surface area (Å²) in [5, 5.41) is 6.99. The number of aryl methyl sites for hydroxylation is 1. The molecule has 7 heteroatoms. The second kappa shape index (κ2) is 7.17. The number of nitrogens with zero attached hydrogens (tertiary/aromatic N) is 3. The monoisotopic (exact) mass is 390 g/mol. The van der Waals surface area contributed by atoms with E-state index in [-0.39, 0.29) is 17.7 Å². The third-order valence-corrected chi connectivity index (χ3v) is 4.74. The van der Waals surface area contributed by atoms with Gasteiger partial charge in [-0.3, -0.25) is 14.3 Å². The standard InChI is InChI=1S/C17H19BrN4O2/c1-21-9-8-15(20-21)19-16(23)12-6-10-22(11-7-12)17(24)13-2-4-14(18)5-3-13/h2-5,8-9,12H,6-7,10-11H2,1H3,(H,19,20,23). The maximum atomic E-state index is 12.5. The van der Waals surface area contributed by atoms with E-state index in [2.05, 4.69) is 26.3 Å². The zero-order valence-electron chi connectivity index (χ0n) is 13.4. The fraction of sp³-hybridized carbons (Fsp3) is 0.353. The number of aromatic nitrogens is 2. The second-order valence-corrected chi connectivity index (χ2v) is 6.85. The molecule has 1 saturated heterocycles. The molecule has 0 saturated carbocycles. The first-order valence-electron chi connectivity index (χ1n) is 7.88. The zero-order valence-corrected chi connectivity index (χ0v) is 15.0. The average Bonchev–Trinajstić information content (AvgIpc) is 3.00. The number of amides is 2. The van der Waals surface area contributed by atoms with Crippen LogP contribution in [0, 0.1) is 5.92 Å². The molecule has 0 unspecified atom stereocenters. The minimum absolute atomic E-state index is 0.0195. The minimum atomic E-state index is -0.0824. The molecule has 1 aromatic carbocycles. The minimum Gasteiger partial charge on any atom is -0.339 e. The molecule has 2 amide bonds. The Balaban J connectivity index is 1.54. The van der Waals surface area contributed by atoms with Gasteiger partial charge in [-0.1, -0.05) is 15.9 Å². The molecule has 1 aromatic heterocycles. The summed E-state index contributed by atoms with van der Waals surface area (Å²) in [5.41, 5.74) is 0.676. The molecule has 0 atom stereocenters. The van der Waals surface area contributed by atoms with Crippen molar-refractivity contribution in [1.29, 1.82) is 0 Å². The number of carbonyl (C=O) groups excluding carboxylic acids is 2. The Hall–Kier alpha value is -2.15. The van der Waals surface area contributed by atoms with Crippen molar-refractivity contribution in [2.75, 3.05) is 18.4 Å². The van der Waals surface area contributed by atoms with Gasteiger partial charge in [-0.15, -0.1) is 0 Å². The Morgan fingerprint density at radius 2 is 1.83 bits per heavy atom. The number of rotatable bonds is 3. The van der Waals surface area contributed by atoms with Gasteiger partial charge >= 0.3 is 0 Å². The first-order valence-corrected chi connectivity index (χ1v) is 8.67. The van der Waals surface area contributed by atoms with Gasteiger partial charge in [-0.05, 0) is 37.1 Å². The first kappa shape index (κ1) is 16.7. The van der Waals surface area contributed by atoms with E-state index >= 15 is 0 Å². The lowest BCUT2D eigenvalue weighted by Gasteiger charge is -2.31. The van der Waals surface area contributed by atoms with Crippen molar-refractivity contribution in [2.24, 2.45) is 13.0 Å². The van der Waals surface area contributed by atoms with Gasteiger partial charge in [0.05, 0.1) is 0 Å². The number of halogens is 1. The molecule has 3 rings (SSSR count). The lowest BCUT2D eigenvalue weighted by atomic mass is 9.95. The first-order chi connectivity index (χ1) is 11.5. The lowest BCUT2D eigenvalue weighted by molar-refractivity contribution is -0.121. The molecule has 1 aliphatic heterocycles. The molecule has 0 radical (unpaired) electrons. The summed E-state index contributed by atoms with van der Waals surface area (Å²) in [5.74, 6) is 0.479. The smallest absolute Gasteiger partial charge is 0.253 e. The van der Waals surface area contributed by atoms with E-state index in [0.29, 0.717) is 37.3 Å². The van der Waals surface area contributed by atoms with Crippen molar-refractivity contribution in [3.63, 3.8) is 0 Å². The Labute approximate surface area is 149 Å². The van der Waals surface area contributed by atoms with E-state index in [1.54, 1.807) is 16.9 Å². The van der Waals surface area contributed by atoms with E-state index in [0.717, 1.165) is 4.47 Å². The van der Waals surface area contributed by atoms with Crippen LogP contribution in [-0.4, -0.2) is 39.6 Å².